The number of hydrogen-bond donors (Lipinski definition) is 7. The second kappa shape index (κ2) is 8.65. The highest BCUT2D eigenvalue weighted by atomic mass is 31.3. The molecule has 2 fully saturated rings. The average molecular weight is 541 g/mol. The Bertz CT molecular complexity index is 1240. The number of aliphatic hydroxyl groups excluding tert-OH is 3. The van der Waals surface area contributed by atoms with Crippen LogP contribution in [0, 0.1) is 0 Å². The van der Waals surface area contributed by atoms with E-state index in [2.05, 4.69) is 18.8 Å². The Kier molecular flexibility index (Phi) is 6.15. The molecule has 9 N–H and O–H groups in total. The molecule has 20 heteroatoms. The smallest absolute Gasteiger partial charge is 0.387 e. The van der Waals surface area contributed by atoms with Crippen LogP contribution >= 0.6 is 15.6 Å². The molecule has 9 atom stereocenters. The first kappa shape index (κ1) is 24.9. The van der Waals surface area contributed by atoms with Gasteiger partial charge in [-0.3, -0.25) is 13.6 Å². The Balaban J connectivity index is 1.58. The summed E-state index contributed by atoms with van der Waals surface area (Å²) < 4.78 is 51.7. The number of phosphoric ester groups is 2. The van der Waals surface area contributed by atoms with Gasteiger partial charge in [-0.25, -0.2) is 18.7 Å². The lowest BCUT2D eigenvalue weighted by molar-refractivity contribution is -0.754. The van der Waals surface area contributed by atoms with Gasteiger partial charge in [0, 0.05) is 6.42 Å². The van der Waals surface area contributed by atoms with E-state index in [1.807, 2.05) is 0 Å². The Labute approximate surface area is 195 Å². The van der Waals surface area contributed by atoms with Gasteiger partial charge in [-0.1, -0.05) is 4.98 Å². The average Bonchev–Trinajstić information content (AvgIpc) is 3.39. The van der Waals surface area contributed by atoms with Gasteiger partial charge in [0.1, 0.15) is 24.4 Å². The van der Waals surface area contributed by atoms with Crippen LogP contribution in [0.2, 0.25) is 0 Å². The number of nitrogens with zero attached hydrogens (tertiary/aromatic N) is 4. The van der Waals surface area contributed by atoms with E-state index >= 15 is 0 Å². The fraction of sp³-hybridized carbons (Fsp3) is 0.667. The highest BCUT2D eigenvalue weighted by Crippen LogP contribution is 2.60. The third-order valence-corrected chi connectivity index (χ3v) is 8.40. The largest absolute Gasteiger partial charge is 0.481 e. The maximum atomic E-state index is 12.2. The second-order valence-electron chi connectivity index (χ2n) is 8.16. The number of rotatable bonds is 0. The molecule has 6 heterocycles. The molecule has 0 saturated carbocycles. The summed E-state index contributed by atoms with van der Waals surface area (Å²) in [5, 5.41) is 31.4. The van der Waals surface area contributed by atoms with Crippen molar-refractivity contribution in [3.63, 3.8) is 0 Å². The molecule has 35 heavy (non-hydrogen) atoms. The van der Waals surface area contributed by atoms with Gasteiger partial charge in [-0.15, -0.1) is 0 Å². The predicted molar refractivity (Wildman–Crippen MR) is 110 cm³/mol. The van der Waals surface area contributed by atoms with Crippen molar-refractivity contribution in [3.8, 4) is 0 Å². The molecule has 0 amide bonds. The molecule has 2 aromatic rings. The first-order valence-electron chi connectivity index (χ1n) is 10.2. The molecule has 18 nitrogen and oxygen atoms in total. The van der Waals surface area contributed by atoms with Crippen LogP contribution in [0.15, 0.2) is 6.33 Å². The molecule has 2 aromatic heterocycles. The number of aromatic nitrogens is 4. The van der Waals surface area contributed by atoms with Crippen LogP contribution in [0.4, 0.5) is 11.8 Å². The van der Waals surface area contributed by atoms with Crippen LogP contribution in [0.3, 0.4) is 0 Å². The molecular weight excluding hydrogens is 518 g/mol. The summed E-state index contributed by atoms with van der Waals surface area (Å²) in [6.07, 6.45) is -8.02. The lowest BCUT2D eigenvalue weighted by Gasteiger charge is -2.20. The molecular formula is C15H23N6O12P2+. The quantitative estimate of drug-likeness (QED) is 0.133. The minimum absolute atomic E-state index is 0.0162. The van der Waals surface area contributed by atoms with Gasteiger partial charge in [-0.05, 0) is 0 Å². The molecule has 2 saturated heterocycles. The van der Waals surface area contributed by atoms with E-state index < -0.39 is 71.8 Å². The number of ether oxygens (including phenoxy) is 2. The van der Waals surface area contributed by atoms with Gasteiger partial charge in [0.05, 0.1) is 19.3 Å². The molecule has 6 rings (SSSR count). The molecule has 194 valence electrons. The third-order valence-electron chi connectivity index (χ3n) is 5.80. The fourth-order valence-corrected chi connectivity index (χ4v) is 6.29. The van der Waals surface area contributed by atoms with E-state index in [-0.39, 0.29) is 29.4 Å². The van der Waals surface area contributed by atoms with E-state index in [0.29, 0.717) is 0 Å². The zero-order valence-electron chi connectivity index (χ0n) is 17.7. The van der Waals surface area contributed by atoms with Crippen LogP contribution < -0.4 is 16.0 Å². The standard InChI is InChI=1S/C15H22N6O12P2/c16-11-8-12-18-4-20(11)13-6(22)1-5(31-13)2-29-34(25,26)33-35(27,28)30-3-7-9(23)10(24)14(32-7)21(12)15(17)19-8/h4-7,9-10,13-14,16,22-24H,1-3H2,(H4,17,19,25,26,27,28)/p+1/t5-,6+,7+,9+,10+,13?,14+/m0/s1. The van der Waals surface area contributed by atoms with Crippen LogP contribution in [0.5, 0.6) is 0 Å². The first-order valence-corrected chi connectivity index (χ1v) is 13.2. The number of hydrogen-bond acceptors (Lipinski definition) is 14. The molecule has 4 aliphatic rings. The first-order chi connectivity index (χ1) is 16.4. The van der Waals surface area contributed by atoms with Crippen molar-refractivity contribution in [1.82, 2.24) is 14.5 Å². The van der Waals surface area contributed by atoms with Crippen LogP contribution in [-0.2, 0) is 32.0 Å². The summed E-state index contributed by atoms with van der Waals surface area (Å²) in [5.74, 6) is -0.207. The normalized spacial score (nSPS) is 42.5. The van der Waals surface area contributed by atoms with E-state index in [1.54, 1.807) is 0 Å². The molecule has 0 spiro atoms. The van der Waals surface area contributed by atoms with Crippen molar-refractivity contribution >= 4 is 38.6 Å². The zero-order valence-corrected chi connectivity index (χ0v) is 19.5. The summed E-state index contributed by atoms with van der Waals surface area (Å²) in [7, 11) is -10.3. The maximum absolute atomic E-state index is 12.2. The third kappa shape index (κ3) is 4.46. The lowest BCUT2D eigenvalue weighted by atomic mass is 10.1. The Hall–Kier alpha value is -1.79. The SMILES string of the molecule is Nc1nc2c(N)[n+]3cnc2n1[C@@H]1O[C@H](COP(=O)(O)OP(=O)(O)OC[C@@H]2C[C@@H](O)C3O2)[C@@H](O)[C@H]1O. The zero-order chi connectivity index (χ0) is 25.3. The monoisotopic (exact) mass is 541 g/mol. The highest BCUT2D eigenvalue weighted by Gasteiger charge is 2.48. The van der Waals surface area contributed by atoms with Crippen molar-refractivity contribution in [2.75, 3.05) is 24.7 Å². The number of imidazole rings is 1. The predicted octanol–water partition coefficient (Wildman–Crippen LogP) is -2.58. The van der Waals surface area contributed by atoms with Crippen LogP contribution in [-0.4, -0.2) is 83.4 Å². The number of nitrogens with two attached hydrogens (primary N) is 2. The minimum atomic E-state index is -5.20. The van der Waals surface area contributed by atoms with Crippen LogP contribution in [0.1, 0.15) is 18.9 Å². The lowest BCUT2D eigenvalue weighted by Crippen LogP contribution is -2.47. The van der Waals surface area contributed by atoms with Gasteiger partial charge < -0.3 is 46.0 Å². The molecule has 0 aliphatic carbocycles. The van der Waals surface area contributed by atoms with Gasteiger partial charge >= 0.3 is 15.6 Å². The fourth-order valence-electron chi connectivity index (χ4n) is 4.18. The van der Waals surface area contributed by atoms with E-state index in [4.69, 9.17) is 25.5 Å². The Morgan fingerprint density at radius 1 is 1.06 bits per heavy atom. The topological polar surface area (TPSA) is 268 Å². The van der Waals surface area contributed by atoms with Crippen molar-refractivity contribution in [2.24, 2.45) is 0 Å². The maximum Gasteiger partial charge on any atom is 0.481 e. The minimum Gasteiger partial charge on any atom is -0.387 e. The molecule has 3 unspecified atom stereocenters. The number of anilines is 2. The second-order valence-corrected chi connectivity index (χ2v) is 11.2. The van der Waals surface area contributed by atoms with Gasteiger partial charge in [0.15, 0.2) is 11.7 Å². The molecule has 0 radical (unpaired) electrons. The van der Waals surface area contributed by atoms with Crippen molar-refractivity contribution in [2.45, 2.75) is 49.4 Å². The summed E-state index contributed by atoms with van der Waals surface area (Å²) in [5.41, 5.74) is 12.4. The van der Waals surface area contributed by atoms with Gasteiger partial charge in [0.25, 0.3) is 5.82 Å². The van der Waals surface area contributed by atoms with Crippen molar-refractivity contribution in [1.29, 1.82) is 0 Å². The van der Waals surface area contributed by atoms with Crippen molar-refractivity contribution < 1.29 is 61.6 Å². The number of nitrogen functional groups attached to an aromatic ring is 2. The van der Waals surface area contributed by atoms with Gasteiger partial charge in [-0.2, -0.15) is 4.31 Å². The van der Waals surface area contributed by atoms with Crippen molar-refractivity contribution in [3.05, 3.63) is 6.33 Å². The molecule has 4 aliphatic heterocycles. The number of aliphatic hydroxyl groups is 3. The Morgan fingerprint density at radius 2 is 1.74 bits per heavy atom. The summed E-state index contributed by atoms with van der Waals surface area (Å²) in [4.78, 5) is 28.1. The van der Waals surface area contributed by atoms with E-state index in [1.165, 1.54) is 10.9 Å². The summed E-state index contributed by atoms with van der Waals surface area (Å²) >= 11 is 0. The number of phosphoric acid groups is 2. The Morgan fingerprint density at radius 3 is 2.46 bits per heavy atom. The number of fused-ring (bicyclic) bond motifs is 7. The van der Waals surface area contributed by atoms with E-state index in [9.17, 15) is 34.2 Å². The van der Waals surface area contributed by atoms with Gasteiger partial charge in [0.2, 0.25) is 24.2 Å². The summed E-state index contributed by atoms with van der Waals surface area (Å²) in [6.45, 7) is -1.43. The van der Waals surface area contributed by atoms with Crippen LogP contribution in [0.25, 0.3) is 11.2 Å². The highest BCUT2D eigenvalue weighted by molar-refractivity contribution is 7.61. The molecule has 8 bridgehead atoms. The summed E-state index contributed by atoms with van der Waals surface area (Å²) in [6, 6.07) is 0. The van der Waals surface area contributed by atoms with E-state index in [0.717, 1.165) is 4.57 Å². The molecule has 0 aromatic carbocycles.